The van der Waals surface area contributed by atoms with Gasteiger partial charge in [0, 0.05) is 43.9 Å². The number of aromatic nitrogens is 4. The molecule has 8 heteroatoms. The van der Waals surface area contributed by atoms with E-state index in [0.29, 0.717) is 30.5 Å². The molecular weight excluding hydrogens is 296 g/mol. The Morgan fingerprint density at radius 2 is 2.13 bits per heavy atom. The fourth-order valence-electron chi connectivity index (χ4n) is 2.52. The molecule has 2 aromatic heterocycles. The molecule has 23 heavy (non-hydrogen) atoms. The standard InChI is InChI=1S/C15H18N6O2/c1-2-23-15-13(18-6-7-19-15)21-8-3-11(10-21)20-14(22)12-9-16-4-5-17-12/h4-7,9,11H,2-3,8,10H2,1H3,(H,20,22)/t11-/m0/s1. The first-order valence-corrected chi connectivity index (χ1v) is 7.53. The first kappa shape index (κ1) is 15.1. The molecule has 1 amide bonds. The van der Waals surface area contributed by atoms with Crippen LogP contribution in [-0.2, 0) is 0 Å². The van der Waals surface area contributed by atoms with E-state index in [9.17, 15) is 4.79 Å². The molecule has 1 atom stereocenters. The molecule has 0 spiro atoms. The van der Waals surface area contributed by atoms with E-state index >= 15 is 0 Å². The molecule has 0 unspecified atom stereocenters. The molecule has 3 heterocycles. The maximum absolute atomic E-state index is 12.1. The van der Waals surface area contributed by atoms with Gasteiger partial charge >= 0.3 is 0 Å². The SMILES string of the molecule is CCOc1nccnc1N1CC[C@H](NC(=O)c2cnccn2)C1. The Hall–Kier alpha value is -2.77. The van der Waals surface area contributed by atoms with Crippen molar-refractivity contribution in [1.82, 2.24) is 25.3 Å². The summed E-state index contributed by atoms with van der Waals surface area (Å²) >= 11 is 0. The summed E-state index contributed by atoms with van der Waals surface area (Å²) < 4.78 is 5.51. The van der Waals surface area contributed by atoms with Crippen LogP contribution in [0.3, 0.4) is 0 Å². The van der Waals surface area contributed by atoms with Gasteiger partial charge in [0.15, 0.2) is 5.82 Å². The lowest BCUT2D eigenvalue weighted by Crippen LogP contribution is -2.37. The van der Waals surface area contributed by atoms with Crippen LogP contribution in [0.4, 0.5) is 5.82 Å². The zero-order valence-electron chi connectivity index (χ0n) is 12.8. The Balaban J connectivity index is 1.64. The maximum atomic E-state index is 12.1. The summed E-state index contributed by atoms with van der Waals surface area (Å²) in [5.41, 5.74) is 0.320. The van der Waals surface area contributed by atoms with Crippen LogP contribution in [0.5, 0.6) is 5.88 Å². The van der Waals surface area contributed by atoms with Crippen molar-refractivity contribution in [3.8, 4) is 5.88 Å². The third kappa shape index (κ3) is 3.53. The number of nitrogens with zero attached hydrogens (tertiary/aromatic N) is 5. The van der Waals surface area contributed by atoms with Crippen molar-refractivity contribution in [3.63, 3.8) is 0 Å². The van der Waals surface area contributed by atoms with Gasteiger partial charge in [-0.25, -0.2) is 15.0 Å². The molecule has 1 aliphatic rings. The Bertz CT molecular complexity index is 666. The number of carbonyl (C=O) groups excluding carboxylic acids is 1. The average Bonchev–Trinajstić information content (AvgIpc) is 3.05. The zero-order chi connectivity index (χ0) is 16.1. The molecule has 3 rings (SSSR count). The second-order valence-electron chi connectivity index (χ2n) is 5.11. The number of nitrogens with one attached hydrogen (secondary N) is 1. The van der Waals surface area contributed by atoms with Crippen LogP contribution in [0, 0.1) is 0 Å². The van der Waals surface area contributed by atoms with Crippen LogP contribution in [-0.4, -0.2) is 51.6 Å². The molecule has 1 N–H and O–H groups in total. The second-order valence-corrected chi connectivity index (χ2v) is 5.11. The fraction of sp³-hybridized carbons (Fsp3) is 0.400. The molecule has 0 aromatic carbocycles. The predicted molar refractivity (Wildman–Crippen MR) is 83.3 cm³/mol. The summed E-state index contributed by atoms with van der Waals surface area (Å²) in [7, 11) is 0. The summed E-state index contributed by atoms with van der Waals surface area (Å²) in [5.74, 6) is 1.02. The minimum Gasteiger partial charge on any atom is -0.475 e. The van der Waals surface area contributed by atoms with Gasteiger partial charge in [-0.3, -0.25) is 9.78 Å². The van der Waals surface area contributed by atoms with E-state index in [1.165, 1.54) is 18.6 Å². The summed E-state index contributed by atoms with van der Waals surface area (Å²) in [6.45, 7) is 3.88. The number of ether oxygens (including phenoxy) is 1. The topological polar surface area (TPSA) is 93.1 Å². The smallest absolute Gasteiger partial charge is 0.271 e. The molecule has 2 aromatic rings. The van der Waals surface area contributed by atoms with Gasteiger partial charge in [0.25, 0.3) is 11.8 Å². The van der Waals surface area contributed by atoms with Crippen molar-refractivity contribution < 1.29 is 9.53 Å². The van der Waals surface area contributed by atoms with Crippen LogP contribution in [0.25, 0.3) is 0 Å². The third-order valence-corrected chi connectivity index (χ3v) is 3.55. The minimum atomic E-state index is -0.214. The average molecular weight is 314 g/mol. The van der Waals surface area contributed by atoms with Crippen molar-refractivity contribution in [2.45, 2.75) is 19.4 Å². The normalized spacial score (nSPS) is 17.1. The Morgan fingerprint density at radius 1 is 1.30 bits per heavy atom. The molecule has 1 saturated heterocycles. The summed E-state index contributed by atoms with van der Waals surface area (Å²) in [5, 5.41) is 2.97. The lowest BCUT2D eigenvalue weighted by Gasteiger charge is -2.19. The first-order valence-electron chi connectivity index (χ1n) is 7.53. The van der Waals surface area contributed by atoms with E-state index in [1.54, 1.807) is 12.4 Å². The molecule has 1 fully saturated rings. The maximum Gasteiger partial charge on any atom is 0.271 e. The number of hydrogen-bond acceptors (Lipinski definition) is 7. The van der Waals surface area contributed by atoms with Crippen LogP contribution in [0.1, 0.15) is 23.8 Å². The molecule has 8 nitrogen and oxygen atoms in total. The van der Waals surface area contributed by atoms with Gasteiger partial charge in [-0.05, 0) is 13.3 Å². The lowest BCUT2D eigenvalue weighted by molar-refractivity contribution is 0.0935. The quantitative estimate of drug-likeness (QED) is 0.867. The zero-order valence-corrected chi connectivity index (χ0v) is 12.8. The highest BCUT2D eigenvalue weighted by Gasteiger charge is 2.27. The fourth-order valence-corrected chi connectivity index (χ4v) is 2.52. The van der Waals surface area contributed by atoms with E-state index in [0.717, 1.165) is 13.0 Å². The monoisotopic (exact) mass is 314 g/mol. The summed E-state index contributed by atoms with van der Waals surface area (Å²) in [6.07, 6.45) is 8.58. The van der Waals surface area contributed by atoms with E-state index in [2.05, 4.69) is 30.2 Å². The number of anilines is 1. The minimum absolute atomic E-state index is 0.0287. The van der Waals surface area contributed by atoms with Crippen molar-refractivity contribution in [2.75, 3.05) is 24.6 Å². The number of amides is 1. The van der Waals surface area contributed by atoms with Crippen LogP contribution < -0.4 is 15.0 Å². The Kier molecular flexibility index (Phi) is 4.60. The Morgan fingerprint density at radius 3 is 2.91 bits per heavy atom. The highest BCUT2D eigenvalue weighted by Crippen LogP contribution is 2.26. The van der Waals surface area contributed by atoms with Crippen molar-refractivity contribution in [1.29, 1.82) is 0 Å². The predicted octanol–water partition coefficient (Wildman–Crippen LogP) is 0.674. The van der Waals surface area contributed by atoms with E-state index in [4.69, 9.17) is 4.74 Å². The van der Waals surface area contributed by atoms with Gasteiger partial charge in [-0.2, -0.15) is 0 Å². The first-order chi connectivity index (χ1) is 11.3. The summed E-state index contributed by atoms with van der Waals surface area (Å²) in [6, 6.07) is 0.0287. The van der Waals surface area contributed by atoms with Crippen LogP contribution in [0.15, 0.2) is 31.0 Å². The van der Waals surface area contributed by atoms with E-state index in [1.807, 2.05) is 6.92 Å². The van der Waals surface area contributed by atoms with Crippen LogP contribution in [0.2, 0.25) is 0 Å². The van der Waals surface area contributed by atoms with Gasteiger partial charge in [0.1, 0.15) is 5.69 Å². The molecule has 0 saturated carbocycles. The van der Waals surface area contributed by atoms with Crippen LogP contribution >= 0.6 is 0 Å². The number of hydrogen-bond donors (Lipinski definition) is 1. The van der Waals surface area contributed by atoms with Crippen molar-refractivity contribution in [2.24, 2.45) is 0 Å². The Labute approximate surface area is 134 Å². The lowest BCUT2D eigenvalue weighted by atomic mass is 10.2. The number of rotatable bonds is 5. The highest BCUT2D eigenvalue weighted by molar-refractivity contribution is 5.92. The third-order valence-electron chi connectivity index (χ3n) is 3.55. The molecule has 0 aliphatic carbocycles. The van der Waals surface area contributed by atoms with Gasteiger partial charge < -0.3 is 15.0 Å². The molecular formula is C15H18N6O2. The second kappa shape index (κ2) is 6.99. The van der Waals surface area contributed by atoms with E-state index < -0.39 is 0 Å². The van der Waals surface area contributed by atoms with Gasteiger partial charge in [-0.15, -0.1) is 0 Å². The molecule has 1 aliphatic heterocycles. The van der Waals surface area contributed by atoms with Gasteiger partial charge in [0.05, 0.1) is 12.8 Å². The highest BCUT2D eigenvalue weighted by atomic mass is 16.5. The summed E-state index contributed by atoms with van der Waals surface area (Å²) in [4.78, 5) is 30.7. The molecule has 0 bridgehead atoms. The molecule has 0 radical (unpaired) electrons. The number of carbonyl (C=O) groups is 1. The molecule has 120 valence electrons. The van der Waals surface area contributed by atoms with Gasteiger partial charge in [-0.1, -0.05) is 0 Å². The largest absolute Gasteiger partial charge is 0.475 e. The van der Waals surface area contributed by atoms with Crippen molar-refractivity contribution in [3.05, 3.63) is 36.7 Å². The van der Waals surface area contributed by atoms with Gasteiger partial charge in [0.2, 0.25) is 0 Å². The van der Waals surface area contributed by atoms with E-state index in [-0.39, 0.29) is 11.9 Å². The van der Waals surface area contributed by atoms with Crippen molar-refractivity contribution >= 4 is 11.7 Å².